The molecular formula is C29H28F2N6O2. The maximum absolute atomic E-state index is 15.1. The fourth-order valence-electron chi connectivity index (χ4n) is 4.79. The average molecular weight is 531 g/mol. The third kappa shape index (κ3) is 4.93. The molecule has 10 heteroatoms. The first-order valence-corrected chi connectivity index (χ1v) is 12.9. The van der Waals surface area contributed by atoms with Crippen LogP contribution < -0.4 is 5.32 Å². The van der Waals surface area contributed by atoms with E-state index in [4.69, 9.17) is 19.1 Å². The lowest BCUT2D eigenvalue weighted by Crippen LogP contribution is -2.19. The highest BCUT2D eigenvalue weighted by Gasteiger charge is 2.28. The summed E-state index contributed by atoms with van der Waals surface area (Å²) < 4.78 is 42.4. The fourth-order valence-corrected chi connectivity index (χ4v) is 4.79. The lowest BCUT2D eigenvalue weighted by atomic mass is 9.97. The van der Waals surface area contributed by atoms with E-state index in [1.165, 1.54) is 12.1 Å². The molecule has 200 valence electrons. The zero-order valence-corrected chi connectivity index (χ0v) is 22.0. The summed E-state index contributed by atoms with van der Waals surface area (Å²) in [4.78, 5) is 9.59. The number of halogens is 2. The SMILES string of the molecule is COCCNCc1cc2nc(-c3cc(-c4ccc(F)cc4-c4nncn4C)cc(C4CC4)n3)oc2c(C)c1F. The van der Waals surface area contributed by atoms with E-state index in [0.717, 1.165) is 29.7 Å². The minimum Gasteiger partial charge on any atom is -0.434 e. The molecule has 0 saturated heterocycles. The van der Waals surface area contributed by atoms with Gasteiger partial charge in [-0.2, -0.15) is 0 Å². The van der Waals surface area contributed by atoms with Crippen molar-refractivity contribution < 1.29 is 17.9 Å². The molecule has 0 aliphatic heterocycles. The van der Waals surface area contributed by atoms with Crippen LogP contribution in [0.2, 0.25) is 0 Å². The van der Waals surface area contributed by atoms with Crippen LogP contribution in [-0.4, -0.2) is 45.0 Å². The van der Waals surface area contributed by atoms with Crippen molar-refractivity contribution in [3.05, 3.63) is 71.2 Å². The van der Waals surface area contributed by atoms with Gasteiger partial charge in [0.1, 0.15) is 29.2 Å². The number of ether oxygens (including phenoxy) is 1. The van der Waals surface area contributed by atoms with Gasteiger partial charge < -0.3 is 19.0 Å². The minimum absolute atomic E-state index is 0.308. The zero-order chi connectivity index (χ0) is 27.1. The summed E-state index contributed by atoms with van der Waals surface area (Å²) in [6, 6.07) is 10.3. The lowest BCUT2D eigenvalue weighted by Gasteiger charge is -2.12. The molecular weight excluding hydrogens is 502 g/mol. The molecule has 0 atom stereocenters. The molecule has 1 aliphatic carbocycles. The van der Waals surface area contributed by atoms with Gasteiger partial charge >= 0.3 is 0 Å². The Bertz CT molecular complexity index is 1670. The van der Waals surface area contributed by atoms with Crippen molar-refractivity contribution in [2.75, 3.05) is 20.3 Å². The summed E-state index contributed by atoms with van der Waals surface area (Å²) in [5.74, 6) is 0.516. The minimum atomic E-state index is -0.364. The molecule has 3 heterocycles. The Morgan fingerprint density at radius 1 is 1.10 bits per heavy atom. The third-order valence-electron chi connectivity index (χ3n) is 7.02. The van der Waals surface area contributed by atoms with Gasteiger partial charge in [-0.05, 0) is 61.2 Å². The number of methoxy groups -OCH3 is 1. The first-order valence-electron chi connectivity index (χ1n) is 12.9. The van der Waals surface area contributed by atoms with E-state index in [9.17, 15) is 4.39 Å². The number of rotatable bonds is 9. The average Bonchev–Trinajstić information content (AvgIpc) is 3.56. The topological polar surface area (TPSA) is 90.9 Å². The number of benzene rings is 2. The molecule has 1 N–H and O–H groups in total. The monoisotopic (exact) mass is 530 g/mol. The number of aryl methyl sites for hydroxylation is 2. The second kappa shape index (κ2) is 10.3. The van der Waals surface area contributed by atoms with E-state index in [0.29, 0.717) is 70.8 Å². The lowest BCUT2D eigenvalue weighted by molar-refractivity contribution is 0.199. The molecule has 39 heavy (non-hydrogen) atoms. The summed E-state index contributed by atoms with van der Waals surface area (Å²) in [6.07, 6.45) is 3.68. The summed E-state index contributed by atoms with van der Waals surface area (Å²) in [5, 5.41) is 11.3. The van der Waals surface area contributed by atoms with Crippen LogP contribution in [0.4, 0.5) is 8.78 Å². The highest BCUT2D eigenvalue weighted by molar-refractivity contribution is 5.84. The van der Waals surface area contributed by atoms with Gasteiger partial charge in [0.15, 0.2) is 11.4 Å². The fraction of sp³-hybridized carbons (Fsp3) is 0.310. The molecule has 3 aromatic heterocycles. The van der Waals surface area contributed by atoms with Gasteiger partial charge in [0.2, 0.25) is 5.89 Å². The molecule has 2 aromatic carbocycles. The molecule has 5 aromatic rings. The van der Waals surface area contributed by atoms with Gasteiger partial charge in [-0.25, -0.2) is 18.7 Å². The maximum atomic E-state index is 15.1. The van der Waals surface area contributed by atoms with Crippen LogP contribution in [0.15, 0.2) is 47.1 Å². The van der Waals surface area contributed by atoms with Crippen LogP contribution in [0.3, 0.4) is 0 Å². The Morgan fingerprint density at radius 2 is 1.95 bits per heavy atom. The van der Waals surface area contributed by atoms with Crippen molar-refractivity contribution in [2.24, 2.45) is 7.05 Å². The molecule has 1 fully saturated rings. The second-order valence-electron chi connectivity index (χ2n) is 9.91. The Kier molecular flexibility index (Phi) is 6.66. The van der Waals surface area contributed by atoms with Crippen LogP contribution >= 0.6 is 0 Å². The summed E-state index contributed by atoms with van der Waals surface area (Å²) in [7, 11) is 3.44. The molecule has 6 rings (SSSR count). The van der Waals surface area contributed by atoms with Crippen LogP contribution in [0.5, 0.6) is 0 Å². The maximum Gasteiger partial charge on any atom is 0.246 e. The molecule has 0 bridgehead atoms. The van der Waals surface area contributed by atoms with Crippen molar-refractivity contribution in [3.8, 4) is 34.1 Å². The largest absolute Gasteiger partial charge is 0.434 e. The van der Waals surface area contributed by atoms with E-state index in [1.54, 1.807) is 37.1 Å². The van der Waals surface area contributed by atoms with E-state index >= 15 is 4.39 Å². The van der Waals surface area contributed by atoms with Crippen molar-refractivity contribution in [2.45, 2.75) is 32.2 Å². The number of hydrogen-bond acceptors (Lipinski definition) is 7. The standard InChI is InChI=1S/C29H28F2N6O2/c1-16-26(31)19(14-32-8-9-38-3)12-24-27(16)39-29(35-24)25-11-18(10-23(34-25)17-4-5-17)21-7-6-20(30)13-22(21)28-36-33-15-37(28)2/h6-7,10-13,15,17,32H,4-5,8-9,14H2,1-3H3. The number of oxazole rings is 1. The van der Waals surface area contributed by atoms with Gasteiger partial charge in [-0.15, -0.1) is 10.2 Å². The van der Waals surface area contributed by atoms with Crippen molar-refractivity contribution in [1.82, 2.24) is 30.0 Å². The van der Waals surface area contributed by atoms with E-state index in [-0.39, 0.29) is 11.6 Å². The Morgan fingerprint density at radius 3 is 2.69 bits per heavy atom. The summed E-state index contributed by atoms with van der Waals surface area (Å²) in [5.41, 5.74) is 5.58. The van der Waals surface area contributed by atoms with Crippen molar-refractivity contribution in [1.29, 1.82) is 0 Å². The Hall–Kier alpha value is -4.02. The summed E-state index contributed by atoms with van der Waals surface area (Å²) in [6.45, 7) is 3.19. The predicted molar refractivity (Wildman–Crippen MR) is 143 cm³/mol. The highest BCUT2D eigenvalue weighted by atomic mass is 19.1. The van der Waals surface area contributed by atoms with Gasteiger partial charge in [-0.3, -0.25) is 0 Å². The molecule has 1 aliphatic rings. The smallest absolute Gasteiger partial charge is 0.246 e. The first kappa shape index (κ1) is 25.3. The van der Waals surface area contributed by atoms with E-state index in [2.05, 4.69) is 15.5 Å². The molecule has 0 radical (unpaired) electrons. The van der Waals surface area contributed by atoms with Gasteiger partial charge in [0.25, 0.3) is 0 Å². The third-order valence-corrected chi connectivity index (χ3v) is 7.02. The summed E-state index contributed by atoms with van der Waals surface area (Å²) >= 11 is 0. The van der Waals surface area contributed by atoms with E-state index < -0.39 is 0 Å². The quantitative estimate of drug-likeness (QED) is 0.250. The number of hydrogen-bond donors (Lipinski definition) is 1. The van der Waals surface area contributed by atoms with Crippen LogP contribution in [0.1, 0.15) is 35.6 Å². The van der Waals surface area contributed by atoms with Gasteiger partial charge in [0, 0.05) is 55.5 Å². The van der Waals surface area contributed by atoms with Crippen LogP contribution in [0, 0.1) is 18.6 Å². The molecule has 0 amide bonds. The highest BCUT2D eigenvalue weighted by Crippen LogP contribution is 2.42. The molecule has 0 spiro atoms. The number of nitrogens with zero attached hydrogens (tertiary/aromatic N) is 5. The zero-order valence-electron chi connectivity index (χ0n) is 22.0. The predicted octanol–water partition coefficient (Wildman–Crippen LogP) is 5.55. The van der Waals surface area contributed by atoms with Gasteiger partial charge in [-0.1, -0.05) is 6.07 Å². The molecule has 1 saturated carbocycles. The van der Waals surface area contributed by atoms with Crippen molar-refractivity contribution >= 4 is 11.1 Å². The Labute approximate surface area is 224 Å². The van der Waals surface area contributed by atoms with Gasteiger partial charge in [0.05, 0.1) is 6.61 Å². The van der Waals surface area contributed by atoms with Crippen LogP contribution in [0.25, 0.3) is 45.2 Å². The normalized spacial score (nSPS) is 13.5. The number of pyridine rings is 1. The Balaban J connectivity index is 1.45. The number of aromatic nitrogens is 5. The number of nitrogens with one attached hydrogen (secondary N) is 1. The van der Waals surface area contributed by atoms with Crippen LogP contribution in [-0.2, 0) is 18.3 Å². The first-order chi connectivity index (χ1) is 18.9. The number of fused-ring (bicyclic) bond motifs is 1. The van der Waals surface area contributed by atoms with E-state index in [1.807, 2.05) is 19.2 Å². The second-order valence-corrected chi connectivity index (χ2v) is 9.91. The molecule has 0 unspecified atom stereocenters. The molecule has 8 nitrogen and oxygen atoms in total. The van der Waals surface area contributed by atoms with Crippen molar-refractivity contribution in [3.63, 3.8) is 0 Å².